The molecular weight excluding hydrogens is 164 g/mol. The van der Waals surface area contributed by atoms with Crippen molar-refractivity contribution in [1.82, 2.24) is 4.98 Å². The average molecular weight is 167 g/mol. The third-order valence-corrected chi connectivity index (χ3v) is 1.36. The Bertz CT molecular complexity index is 330. The van der Waals surface area contributed by atoms with Crippen LogP contribution in [0.1, 0.15) is 15.9 Å². The fourth-order valence-corrected chi connectivity index (χ4v) is 0.789. The quantitative estimate of drug-likeness (QED) is 0.468. The van der Waals surface area contributed by atoms with Gasteiger partial charge in [0.15, 0.2) is 6.29 Å². The molecule has 0 bridgehead atoms. The van der Waals surface area contributed by atoms with E-state index in [4.69, 9.17) is 16.9 Å². The molecule has 0 aromatic carbocycles. The van der Waals surface area contributed by atoms with Crippen LogP contribution in [0.3, 0.4) is 0 Å². The summed E-state index contributed by atoms with van der Waals surface area (Å²) in [7, 11) is 0. The fraction of sp³-hybridized carbons (Fsp3) is 0. The van der Waals surface area contributed by atoms with E-state index in [9.17, 15) is 4.79 Å². The number of nitriles is 1. The van der Waals surface area contributed by atoms with Gasteiger partial charge in [0.05, 0.1) is 11.1 Å². The molecular formula is C7H3ClN2O. The summed E-state index contributed by atoms with van der Waals surface area (Å²) in [4.78, 5) is 13.9. The third-order valence-electron chi connectivity index (χ3n) is 1.15. The van der Waals surface area contributed by atoms with Crippen LogP contribution in [0.25, 0.3) is 0 Å². The summed E-state index contributed by atoms with van der Waals surface area (Å²) in [6.45, 7) is 0. The van der Waals surface area contributed by atoms with Gasteiger partial charge >= 0.3 is 0 Å². The fourth-order valence-electron chi connectivity index (χ4n) is 0.631. The number of hydrogen-bond donors (Lipinski definition) is 0. The molecule has 0 radical (unpaired) electrons. The highest BCUT2D eigenvalue weighted by atomic mass is 35.5. The van der Waals surface area contributed by atoms with Crippen LogP contribution in [0.4, 0.5) is 0 Å². The van der Waals surface area contributed by atoms with Crippen molar-refractivity contribution in [2.75, 3.05) is 0 Å². The van der Waals surface area contributed by atoms with Crippen LogP contribution in [-0.2, 0) is 0 Å². The van der Waals surface area contributed by atoms with Gasteiger partial charge in [0.25, 0.3) is 0 Å². The van der Waals surface area contributed by atoms with Crippen LogP contribution in [0.5, 0.6) is 0 Å². The van der Waals surface area contributed by atoms with Crippen LogP contribution in [0, 0.1) is 11.3 Å². The number of carbonyl (C=O) groups is 1. The molecule has 4 heteroatoms. The highest BCUT2D eigenvalue weighted by Crippen LogP contribution is 2.09. The first kappa shape index (κ1) is 7.70. The Morgan fingerprint density at radius 1 is 1.73 bits per heavy atom. The summed E-state index contributed by atoms with van der Waals surface area (Å²) >= 11 is 5.47. The molecule has 0 atom stereocenters. The van der Waals surface area contributed by atoms with Gasteiger partial charge < -0.3 is 0 Å². The van der Waals surface area contributed by atoms with Crippen molar-refractivity contribution in [2.45, 2.75) is 0 Å². The van der Waals surface area contributed by atoms with E-state index in [1.54, 1.807) is 0 Å². The van der Waals surface area contributed by atoms with Gasteiger partial charge in [-0.15, -0.1) is 0 Å². The van der Waals surface area contributed by atoms with E-state index in [1.165, 1.54) is 12.3 Å². The molecule has 1 aromatic rings. The van der Waals surface area contributed by atoms with Crippen molar-refractivity contribution < 1.29 is 4.79 Å². The lowest BCUT2D eigenvalue weighted by Crippen LogP contribution is -1.88. The van der Waals surface area contributed by atoms with Crippen LogP contribution < -0.4 is 0 Å². The summed E-state index contributed by atoms with van der Waals surface area (Å²) < 4.78 is 0. The third kappa shape index (κ3) is 1.54. The van der Waals surface area contributed by atoms with E-state index in [1.807, 2.05) is 6.07 Å². The van der Waals surface area contributed by atoms with Crippen LogP contribution in [0.2, 0.25) is 5.15 Å². The molecule has 3 nitrogen and oxygen atoms in total. The predicted molar refractivity (Wildman–Crippen MR) is 39.3 cm³/mol. The molecule has 0 saturated carbocycles. The normalized spacial score (nSPS) is 8.73. The molecule has 54 valence electrons. The second kappa shape index (κ2) is 3.13. The summed E-state index contributed by atoms with van der Waals surface area (Å²) in [6.07, 6.45) is 1.84. The van der Waals surface area contributed by atoms with Gasteiger partial charge in [0.2, 0.25) is 0 Å². The molecule has 0 unspecified atom stereocenters. The summed E-state index contributed by atoms with van der Waals surface area (Å²) in [5.74, 6) is 0. The van der Waals surface area contributed by atoms with E-state index in [0.717, 1.165) is 0 Å². The first-order chi connectivity index (χ1) is 5.27. The van der Waals surface area contributed by atoms with Gasteiger partial charge in [-0.25, -0.2) is 4.98 Å². The molecule has 1 heterocycles. The lowest BCUT2D eigenvalue weighted by Gasteiger charge is -1.92. The van der Waals surface area contributed by atoms with Gasteiger partial charge in [-0.05, 0) is 6.07 Å². The molecule has 0 spiro atoms. The largest absolute Gasteiger partial charge is 0.298 e. The minimum Gasteiger partial charge on any atom is -0.298 e. The number of hydrogen-bond acceptors (Lipinski definition) is 3. The minimum atomic E-state index is 0.215. The SMILES string of the molecule is N#Cc1cc(Cl)ncc1C=O. The molecule has 1 rings (SSSR count). The summed E-state index contributed by atoms with van der Waals surface area (Å²) in [5.41, 5.74) is 0.511. The van der Waals surface area contributed by atoms with Crippen LogP contribution in [-0.4, -0.2) is 11.3 Å². The Morgan fingerprint density at radius 2 is 2.45 bits per heavy atom. The highest BCUT2D eigenvalue weighted by Gasteiger charge is 2.00. The number of aldehydes is 1. The minimum absolute atomic E-state index is 0.215. The number of pyridine rings is 1. The number of rotatable bonds is 1. The van der Waals surface area contributed by atoms with Gasteiger partial charge in [-0.1, -0.05) is 11.6 Å². The maximum atomic E-state index is 10.3. The Morgan fingerprint density at radius 3 is 3.00 bits per heavy atom. The molecule has 11 heavy (non-hydrogen) atoms. The summed E-state index contributed by atoms with van der Waals surface area (Å²) in [6, 6.07) is 3.18. The molecule has 0 aliphatic rings. The predicted octanol–water partition coefficient (Wildman–Crippen LogP) is 1.42. The van der Waals surface area contributed by atoms with Crippen molar-refractivity contribution in [2.24, 2.45) is 0 Å². The van der Waals surface area contributed by atoms with Crippen LogP contribution in [0.15, 0.2) is 12.3 Å². The Balaban J connectivity index is 3.30. The van der Waals surface area contributed by atoms with Crippen molar-refractivity contribution in [3.8, 4) is 6.07 Å². The molecule has 0 aliphatic heterocycles. The average Bonchev–Trinajstić information content (AvgIpc) is 2.04. The zero-order chi connectivity index (χ0) is 8.27. The van der Waals surface area contributed by atoms with Crippen LogP contribution >= 0.6 is 11.6 Å². The molecule has 0 amide bonds. The molecule has 1 aromatic heterocycles. The Hall–Kier alpha value is -1.40. The summed E-state index contributed by atoms with van der Waals surface area (Å²) in [5, 5.41) is 8.69. The Kier molecular flexibility index (Phi) is 2.19. The van der Waals surface area contributed by atoms with E-state index in [-0.39, 0.29) is 16.3 Å². The monoisotopic (exact) mass is 166 g/mol. The number of aromatic nitrogens is 1. The lowest BCUT2D eigenvalue weighted by atomic mass is 10.2. The molecule has 0 aliphatic carbocycles. The van der Waals surface area contributed by atoms with Gasteiger partial charge in [-0.3, -0.25) is 4.79 Å². The van der Waals surface area contributed by atoms with Crippen molar-refractivity contribution in [3.05, 3.63) is 28.5 Å². The molecule has 0 saturated heterocycles. The van der Waals surface area contributed by atoms with Crippen molar-refractivity contribution in [1.29, 1.82) is 5.26 Å². The van der Waals surface area contributed by atoms with Crippen molar-refractivity contribution in [3.63, 3.8) is 0 Å². The van der Waals surface area contributed by atoms with Crippen molar-refractivity contribution >= 4 is 17.9 Å². The van der Waals surface area contributed by atoms with E-state index < -0.39 is 0 Å². The van der Waals surface area contributed by atoms with Gasteiger partial charge in [-0.2, -0.15) is 5.26 Å². The number of carbonyl (C=O) groups excluding carboxylic acids is 1. The van der Waals surface area contributed by atoms with Gasteiger partial charge in [0.1, 0.15) is 11.2 Å². The standard InChI is InChI=1S/C7H3ClN2O/c8-7-1-5(2-9)6(4-11)3-10-7/h1,3-4H. The number of halogens is 1. The van der Waals surface area contributed by atoms with E-state index in [2.05, 4.69) is 4.98 Å². The van der Waals surface area contributed by atoms with E-state index >= 15 is 0 Å². The topological polar surface area (TPSA) is 53.8 Å². The molecule has 0 fully saturated rings. The lowest BCUT2D eigenvalue weighted by molar-refractivity contribution is 0.112. The first-order valence-electron chi connectivity index (χ1n) is 2.78. The highest BCUT2D eigenvalue weighted by molar-refractivity contribution is 6.29. The van der Waals surface area contributed by atoms with Gasteiger partial charge in [0, 0.05) is 6.20 Å². The van der Waals surface area contributed by atoms with E-state index in [0.29, 0.717) is 6.29 Å². The molecule has 0 N–H and O–H groups in total. The Labute approximate surface area is 68.2 Å². The second-order valence-electron chi connectivity index (χ2n) is 1.82. The maximum Gasteiger partial charge on any atom is 0.152 e. The first-order valence-corrected chi connectivity index (χ1v) is 3.16. The maximum absolute atomic E-state index is 10.3. The second-order valence-corrected chi connectivity index (χ2v) is 2.21. The zero-order valence-electron chi connectivity index (χ0n) is 5.41. The number of nitrogens with zero attached hydrogens (tertiary/aromatic N) is 2. The zero-order valence-corrected chi connectivity index (χ0v) is 6.17. The smallest absolute Gasteiger partial charge is 0.152 e.